The molecule has 3 amide bonds. The van der Waals surface area contributed by atoms with Crippen LogP contribution in [0.25, 0.3) is 0 Å². The van der Waals surface area contributed by atoms with E-state index in [-0.39, 0.29) is 84.4 Å². The molecule has 2 aromatic carbocycles. The number of nitrogens with one attached hydrogen (secondary N) is 1. The van der Waals surface area contributed by atoms with Crippen molar-refractivity contribution in [3.05, 3.63) is 65.7 Å². The van der Waals surface area contributed by atoms with Crippen molar-refractivity contribution >= 4 is 35.0 Å². The van der Waals surface area contributed by atoms with Crippen molar-refractivity contribution < 1.29 is 33.4 Å². The van der Waals surface area contributed by atoms with Gasteiger partial charge in [0.15, 0.2) is 11.6 Å². The molecule has 0 spiro atoms. The van der Waals surface area contributed by atoms with E-state index in [0.29, 0.717) is 37.1 Å². The first-order valence-corrected chi connectivity index (χ1v) is 22.4. The first-order valence-electron chi connectivity index (χ1n) is 22.4. The number of carbonyl (C=O) groups excluding carboxylic acids is 5. The van der Waals surface area contributed by atoms with Crippen molar-refractivity contribution in [2.24, 2.45) is 29.6 Å². The molecule has 9 atom stereocenters. The average Bonchev–Trinajstić information content (AvgIpc) is 3.71. The lowest BCUT2D eigenvalue weighted by Gasteiger charge is -2.41. The molecule has 1 unspecified atom stereocenters. The maximum Gasteiger partial charge on any atom is 0.226 e. The molecule has 12 heteroatoms. The fraction of sp³-hybridized carbons (Fsp3) is 0.653. The van der Waals surface area contributed by atoms with Gasteiger partial charge in [0.05, 0.1) is 42.7 Å². The summed E-state index contributed by atoms with van der Waals surface area (Å²) < 4.78 is 12.2. The average molecular weight is 848 g/mol. The van der Waals surface area contributed by atoms with E-state index in [4.69, 9.17) is 15.2 Å². The molecule has 2 aromatic rings. The van der Waals surface area contributed by atoms with Gasteiger partial charge in [-0.15, -0.1) is 0 Å². The Bertz CT molecular complexity index is 1690. The molecule has 340 valence electrons. The number of Topliss-reactive ketones (excluding diaryl/α,β-unsaturated/α-hetero) is 2. The topological polar surface area (TPSA) is 152 Å². The second-order valence-electron chi connectivity index (χ2n) is 18.2. The number of hydrogen-bond acceptors (Lipinski definition) is 9. The number of anilines is 1. The number of methoxy groups -OCH3 is 2. The SMILES string of the molecule is CC[C@H](C)[C@@H]([C@@H](CC(=O)N1CCC[C@H]1[C@H](OC)[C@@H](C)C(=O)NC(CCC(=O)c1ccc(N)cc1)Cc1ccccc1)OC)N(C)C(=O)[C@@H](CC(=O)[C@H](C(C)C)N(C)C)C(C)C. The summed E-state index contributed by atoms with van der Waals surface area (Å²) in [5.41, 5.74) is 8.04. The quantitative estimate of drug-likeness (QED) is 0.0823. The van der Waals surface area contributed by atoms with Crippen LogP contribution in [-0.2, 0) is 35.1 Å². The van der Waals surface area contributed by atoms with Crippen molar-refractivity contribution in [2.75, 3.05) is 47.6 Å². The van der Waals surface area contributed by atoms with E-state index < -0.39 is 30.1 Å². The van der Waals surface area contributed by atoms with E-state index in [1.54, 1.807) is 50.4 Å². The summed E-state index contributed by atoms with van der Waals surface area (Å²) >= 11 is 0. The number of likely N-dealkylation sites (tertiary alicyclic amines) is 1. The molecular formula is C49H77N5O7. The first-order chi connectivity index (χ1) is 28.9. The highest BCUT2D eigenvalue weighted by Gasteiger charge is 2.43. The predicted molar refractivity (Wildman–Crippen MR) is 243 cm³/mol. The Labute approximate surface area is 366 Å². The number of amides is 3. The molecule has 1 heterocycles. The summed E-state index contributed by atoms with van der Waals surface area (Å²) in [5.74, 6) is -1.53. The molecular weight excluding hydrogens is 771 g/mol. The second-order valence-corrected chi connectivity index (χ2v) is 18.2. The number of likely N-dealkylation sites (N-methyl/N-ethyl adjacent to an activating group) is 2. The zero-order chi connectivity index (χ0) is 45.6. The van der Waals surface area contributed by atoms with Crippen molar-refractivity contribution in [3.8, 4) is 0 Å². The molecule has 1 aliphatic rings. The highest BCUT2D eigenvalue weighted by Crippen LogP contribution is 2.31. The molecule has 3 rings (SSSR count). The van der Waals surface area contributed by atoms with Gasteiger partial charge in [-0.05, 0) is 87.4 Å². The smallest absolute Gasteiger partial charge is 0.226 e. The van der Waals surface area contributed by atoms with Crippen LogP contribution >= 0.6 is 0 Å². The number of rotatable bonds is 25. The molecule has 0 aromatic heterocycles. The molecule has 1 aliphatic heterocycles. The monoisotopic (exact) mass is 848 g/mol. The van der Waals surface area contributed by atoms with E-state index in [1.807, 2.05) is 88.8 Å². The van der Waals surface area contributed by atoms with Gasteiger partial charge in [0.1, 0.15) is 0 Å². The van der Waals surface area contributed by atoms with Crippen molar-refractivity contribution in [1.82, 2.24) is 20.0 Å². The van der Waals surface area contributed by atoms with Crippen LogP contribution in [0.3, 0.4) is 0 Å². The summed E-state index contributed by atoms with van der Waals surface area (Å²) in [4.78, 5) is 75.1. The maximum absolute atomic E-state index is 14.4. The van der Waals surface area contributed by atoms with Crippen molar-refractivity contribution in [3.63, 3.8) is 0 Å². The van der Waals surface area contributed by atoms with E-state index in [1.165, 1.54) is 0 Å². The Hall–Kier alpha value is -4.13. The van der Waals surface area contributed by atoms with Gasteiger partial charge in [-0.3, -0.25) is 28.9 Å². The Morgan fingerprint density at radius 1 is 0.869 bits per heavy atom. The van der Waals surface area contributed by atoms with Gasteiger partial charge >= 0.3 is 0 Å². The van der Waals surface area contributed by atoms with Crippen LogP contribution in [0.1, 0.15) is 109 Å². The number of benzene rings is 2. The number of nitrogens with zero attached hydrogens (tertiary/aromatic N) is 3. The van der Waals surface area contributed by atoms with Crippen LogP contribution in [0.15, 0.2) is 54.6 Å². The minimum Gasteiger partial charge on any atom is -0.399 e. The maximum atomic E-state index is 14.4. The number of carbonyl (C=O) groups is 5. The van der Waals surface area contributed by atoms with Crippen molar-refractivity contribution in [2.45, 2.75) is 136 Å². The van der Waals surface area contributed by atoms with E-state index >= 15 is 0 Å². The standard InChI is InChI=1S/C49H77N5O7/c1-13-33(6)46(53(10)49(59)39(31(2)3)29-42(56)45(32(4)5)52(8)9)43(60-11)30-44(57)54-27-17-20-40(54)47(61-12)34(7)48(58)51-38(28-35-18-15-14-16-19-35)25-26-41(55)36-21-23-37(50)24-22-36/h14-16,18-19,21-24,31-34,38-40,43,45-47H,13,17,20,25-30,50H2,1-12H3,(H,51,58)/t33-,34+,38?,39-,40-,43+,45-,46-,47+/m0/s1. The Kier molecular flexibility index (Phi) is 20.6. The van der Waals surface area contributed by atoms with E-state index in [0.717, 1.165) is 18.4 Å². The lowest BCUT2D eigenvalue weighted by Crippen LogP contribution is -2.54. The molecule has 12 nitrogen and oxygen atoms in total. The lowest BCUT2D eigenvalue weighted by molar-refractivity contribution is -0.149. The van der Waals surface area contributed by atoms with Gasteiger partial charge in [0, 0.05) is 63.9 Å². The second kappa shape index (κ2) is 24.5. The lowest BCUT2D eigenvalue weighted by atomic mass is 9.83. The molecule has 3 N–H and O–H groups in total. The minimum atomic E-state index is -0.609. The number of ketones is 2. The van der Waals surface area contributed by atoms with Crippen LogP contribution in [0.4, 0.5) is 5.69 Å². The van der Waals surface area contributed by atoms with Crippen LogP contribution in [0, 0.1) is 29.6 Å². The highest BCUT2D eigenvalue weighted by atomic mass is 16.5. The van der Waals surface area contributed by atoms with Crippen LogP contribution in [-0.4, -0.2) is 122 Å². The van der Waals surface area contributed by atoms with Crippen LogP contribution < -0.4 is 11.1 Å². The van der Waals surface area contributed by atoms with Crippen LogP contribution in [0.5, 0.6) is 0 Å². The summed E-state index contributed by atoms with van der Waals surface area (Å²) in [5, 5.41) is 3.23. The van der Waals surface area contributed by atoms with Gasteiger partial charge in [-0.2, -0.15) is 0 Å². The van der Waals surface area contributed by atoms with E-state index in [2.05, 4.69) is 19.2 Å². The van der Waals surface area contributed by atoms with Gasteiger partial charge in [-0.1, -0.05) is 85.2 Å². The van der Waals surface area contributed by atoms with Gasteiger partial charge in [0.25, 0.3) is 0 Å². The molecule has 0 bridgehead atoms. The summed E-state index contributed by atoms with van der Waals surface area (Å²) in [6, 6.07) is 15.4. The van der Waals surface area contributed by atoms with Crippen LogP contribution in [0.2, 0.25) is 0 Å². The summed E-state index contributed by atoms with van der Waals surface area (Å²) in [6.07, 6.45) is 2.41. The van der Waals surface area contributed by atoms with Gasteiger partial charge in [0.2, 0.25) is 17.7 Å². The fourth-order valence-electron chi connectivity index (χ4n) is 9.34. The largest absolute Gasteiger partial charge is 0.399 e. The molecule has 0 saturated carbocycles. The Balaban J connectivity index is 1.78. The fourth-order valence-corrected chi connectivity index (χ4v) is 9.34. The third kappa shape index (κ3) is 14.2. The highest BCUT2D eigenvalue weighted by molar-refractivity contribution is 5.96. The normalized spacial score (nSPS) is 18.3. The number of nitrogen functional groups attached to an aromatic ring is 1. The third-order valence-electron chi connectivity index (χ3n) is 12.9. The first kappa shape index (κ1) is 51.2. The number of nitrogens with two attached hydrogens (primary N) is 1. The van der Waals surface area contributed by atoms with Gasteiger partial charge < -0.3 is 30.3 Å². The van der Waals surface area contributed by atoms with Crippen molar-refractivity contribution in [1.29, 1.82) is 0 Å². The molecule has 1 fully saturated rings. The predicted octanol–water partition coefficient (Wildman–Crippen LogP) is 6.70. The van der Waals surface area contributed by atoms with E-state index in [9.17, 15) is 24.0 Å². The zero-order valence-electron chi connectivity index (χ0n) is 39.2. The Morgan fingerprint density at radius 3 is 2.05 bits per heavy atom. The minimum absolute atomic E-state index is 0.00386. The molecule has 61 heavy (non-hydrogen) atoms. The summed E-state index contributed by atoms with van der Waals surface area (Å²) in [7, 11) is 8.74. The number of ether oxygens (including phenoxy) is 2. The zero-order valence-corrected chi connectivity index (χ0v) is 39.2. The summed E-state index contributed by atoms with van der Waals surface area (Å²) in [6.45, 7) is 14.5. The van der Waals surface area contributed by atoms with Gasteiger partial charge in [-0.25, -0.2) is 0 Å². The molecule has 0 radical (unpaired) electrons. The molecule has 1 saturated heterocycles. The number of hydrogen-bond donors (Lipinski definition) is 2. The molecule has 0 aliphatic carbocycles. The Morgan fingerprint density at radius 2 is 1.51 bits per heavy atom. The third-order valence-corrected chi connectivity index (χ3v) is 12.9.